The van der Waals surface area contributed by atoms with Gasteiger partial charge in [-0.3, -0.25) is 0 Å². The SMILES string of the molecule is CC.CCNCC.CNS(C)(=O)=O. The Morgan fingerprint density at radius 1 is 1.08 bits per heavy atom. The Morgan fingerprint density at radius 2 is 1.31 bits per heavy atom. The molecule has 0 aliphatic heterocycles. The largest absolute Gasteiger partial charge is 0.317 e. The Hall–Kier alpha value is -0.130. The Labute approximate surface area is 83.2 Å². The lowest BCUT2D eigenvalue weighted by Gasteiger charge is -1.86. The zero-order chi connectivity index (χ0) is 11.3. The quantitative estimate of drug-likeness (QED) is 0.728. The third-order valence-electron chi connectivity index (χ3n) is 0.871. The second-order valence-electron chi connectivity index (χ2n) is 1.93. The van der Waals surface area contributed by atoms with Gasteiger partial charge in [-0.1, -0.05) is 27.7 Å². The van der Waals surface area contributed by atoms with Crippen molar-refractivity contribution in [3.8, 4) is 0 Å². The highest BCUT2D eigenvalue weighted by Crippen LogP contribution is 1.62. The molecule has 2 N–H and O–H groups in total. The maximum atomic E-state index is 9.89. The van der Waals surface area contributed by atoms with Crippen molar-refractivity contribution < 1.29 is 8.42 Å². The number of sulfonamides is 1. The molecule has 0 saturated carbocycles. The molecule has 5 heteroatoms. The van der Waals surface area contributed by atoms with Crippen LogP contribution in [0, 0.1) is 0 Å². The molecule has 0 aromatic rings. The third-order valence-corrected chi connectivity index (χ3v) is 1.61. The summed E-state index contributed by atoms with van der Waals surface area (Å²) >= 11 is 0. The van der Waals surface area contributed by atoms with Gasteiger partial charge in [0.25, 0.3) is 0 Å². The van der Waals surface area contributed by atoms with Crippen molar-refractivity contribution in [3.05, 3.63) is 0 Å². The zero-order valence-electron chi connectivity index (χ0n) is 9.64. The molecule has 0 bridgehead atoms. The van der Waals surface area contributed by atoms with Crippen LogP contribution >= 0.6 is 0 Å². The lowest BCUT2D eigenvalue weighted by molar-refractivity contribution is 0.594. The molecule has 4 nitrogen and oxygen atoms in total. The molecule has 0 heterocycles. The molecule has 0 aromatic heterocycles. The van der Waals surface area contributed by atoms with Crippen LogP contribution in [0.25, 0.3) is 0 Å². The van der Waals surface area contributed by atoms with E-state index in [1.54, 1.807) is 0 Å². The molecular formula is C8H24N2O2S. The summed E-state index contributed by atoms with van der Waals surface area (Å²) in [6.07, 6.45) is 1.10. The van der Waals surface area contributed by atoms with E-state index in [9.17, 15) is 8.42 Å². The van der Waals surface area contributed by atoms with Crippen LogP contribution in [0.5, 0.6) is 0 Å². The van der Waals surface area contributed by atoms with Gasteiger partial charge in [0.15, 0.2) is 0 Å². The standard InChI is InChI=1S/C4H11N.C2H7NO2S.C2H6/c1-3-5-4-2;1-3-6(2,4)5;1-2/h5H,3-4H2,1-2H3;3H,1-2H3;1-2H3. The maximum absolute atomic E-state index is 9.89. The minimum absolute atomic E-state index is 1.09. The van der Waals surface area contributed by atoms with E-state index in [0.717, 1.165) is 19.3 Å². The molecule has 0 saturated heterocycles. The minimum Gasteiger partial charge on any atom is -0.317 e. The third kappa shape index (κ3) is 48.8. The molecule has 0 radical (unpaired) electrons. The minimum atomic E-state index is -2.91. The van der Waals surface area contributed by atoms with Crippen molar-refractivity contribution in [2.75, 3.05) is 26.4 Å². The lowest BCUT2D eigenvalue weighted by Crippen LogP contribution is -2.15. The Bertz CT molecular complexity index is 154. The Morgan fingerprint density at radius 3 is 1.31 bits per heavy atom. The predicted molar refractivity (Wildman–Crippen MR) is 59.5 cm³/mol. The van der Waals surface area contributed by atoms with E-state index in [4.69, 9.17) is 0 Å². The van der Waals surface area contributed by atoms with Gasteiger partial charge in [0.1, 0.15) is 0 Å². The van der Waals surface area contributed by atoms with E-state index in [1.165, 1.54) is 7.05 Å². The molecule has 0 atom stereocenters. The van der Waals surface area contributed by atoms with Gasteiger partial charge in [0.05, 0.1) is 6.26 Å². The molecular weight excluding hydrogens is 188 g/mol. The second kappa shape index (κ2) is 14.4. The monoisotopic (exact) mass is 212 g/mol. The number of nitrogens with one attached hydrogen (secondary N) is 2. The fraction of sp³-hybridized carbons (Fsp3) is 1.00. The predicted octanol–water partition coefficient (Wildman–Crippen LogP) is 0.807. The van der Waals surface area contributed by atoms with Crippen LogP contribution in [0.4, 0.5) is 0 Å². The fourth-order valence-corrected chi connectivity index (χ4v) is 0.250. The van der Waals surface area contributed by atoms with E-state index in [-0.39, 0.29) is 0 Å². The molecule has 13 heavy (non-hydrogen) atoms. The average Bonchev–Trinajstić information content (AvgIpc) is 2.09. The van der Waals surface area contributed by atoms with Crippen molar-refractivity contribution in [1.29, 1.82) is 0 Å². The first-order valence-corrected chi connectivity index (χ1v) is 6.46. The van der Waals surface area contributed by atoms with Crippen molar-refractivity contribution >= 4 is 10.0 Å². The van der Waals surface area contributed by atoms with Gasteiger partial charge in [-0.25, -0.2) is 13.1 Å². The smallest absolute Gasteiger partial charge is 0.208 e. The van der Waals surface area contributed by atoms with Crippen LogP contribution in [-0.4, -0.2) is 34.8 Å². The normalized spacial score (nSPS) is 9.08. The fourth-order valence-electron chi connectivity index (χ4n) is 0.250. The highest BCUT2D eigenvalue weighted by atomic mass is 32.2. The van der Waals surface area contributed by atoms with Crippen LogP contribution in [0.15, 0.2) is 0 Å². The summed E-state index contributed by atoms with van der Waals surface area (Å²) in [5, 5.41) is 3.11. The Kier molecular flexibility index (Phi) is 20.6. The van der Waals surface area contributed by atoms with Crippen molar-refractivity contribution in [3.63, 3.8) is 0 Å². The highest BCUT2D eigenvalue weighted by Gasteiger charge is 1.88. The topological polar surface area (TPSA) is 58.2 Å². The Balaban J connectivity index is -0.000000131. The first-order valence-electron chi connectivity index (χ1n) is 4.57. The van der Waals surface area contributed by atoms with Gasteiger partial charge in [-0.2, -0.15) is 0 Å². The van der Waals surface area contributed by atoms with E-state index in [0.29, 0.717) is 0 Å². The van der Waals surface area contributed by atoms with Gasteiger partial charge in [-0.15, -0.1) is 0 Å². The molecule has 0 aromatic carbocycles. The van der Waals surface area contributed by atoms with Crippen LogP contribution in [0.1, 0.15) is 27.7 Å². The molecule has 0 spiro atoms. The molecule has 0 fully saturated rings. The number of hydrogen-bond donors (Lipinski definition) is 2. The zero-order valence-corrected chi connectivity index (χ0v) is 10.5. The number of hydrogen-bond acceptors (Lipinski definition) is 3. The van der Waals surface area contributed by atoms with E-state index in [1.807, 2.05) is 13.8 Å². The molecule has 0 unspecified atom stereocenters. The average molecular weight is 212 g/mol. The molecule has 0 amide bonds. The van der Waals surface area contributed by atoms with E-state index in [2.05, 4.69) is 23.9 Å². The summed E-state index contributed by atoms with van der Waals surface area (Å²) in [5.74, 6) is 0. The van der Waals surface area contributed by atoms with Gasteiger partial charge in [0.2, 0.25) is 10.0 Å². The van der Waals surface area contributed by atoms with E-state index < -0.39 is 10.0 Å². The molecule has 0 aliphatic rings. The molecule has 0 rings (SSSR count). The van der Waals surface area contributed by atoms with Gasteiger partial charge in [-0.05, 0) is 20.1 Å². The summed E-state index contributed by atoms with van der Waals surface area (Å²) in [4.78, 5) is 0. The van der Waals surface area contributed by atoms with Gasteiger partial charge < -0.3 is 5.32 Å². The van der Waals surface area contributed by atoms with Crippen molar-refractivity contribution in [1.82, 2.24) is 10.0 Å². The first-order chi connectivity index (χ1) is 5.97. The van der Waals surface area contributed by atoms with E-state index >= 15 is 0 Å². The molecule has 84 valence electrons. The van der Waals surface area contributed by atoms with Gasteiger partial charge >= 0.3 is 0 Å². The van der Waals surface area contributed by atoms with Crippen LogP contribution < -0.4 is 10.0 Å². The van der Waals surface area contributed by atoms with Gasteiger partial charge in [0, 0.05) is 0 Å². The van der Waals surface area contributed by atoms with Crippen molar-refractivity contribution in [2.45, 2.75) is 27.7 Å². The molecule has 0 aliphatic carbocycles. The summed E-state index contributed by atoms with van der Waals surface area (Å²) in [7, 11) is -1.54. The van der Waals surface area contributed by atoms with Crippen LogP contribution in [-0.2, 0) is 10.0 Å². The van der Waals surface area contributed by atoms with Crippen LogP contribution in [0.2, 0.25) is 0 Å². The maximum Gasteiger partial charge on any atom is 0.208 e. The summed E-state index contributed by atoms with van der Waals surface area (Å²) in [6, 6.07) is 0. The summed E-state index contributed by atoms with van der Waals surface area (Å²) in [6.45, 7) is 10.4. The summed E-state index contributed by atoms with van der Waals surface area (Å²) in [5.41, 5.74) is 0. The van der Waals surface area contributed by atoms with Crippen molar-refractivity contribution in [2.24, 2.45) is 0 Å². The highest BCUT2D eigenvalue weighted by molar-refractivity contribution is 7.88. The lowest BCUT2D eigenvalue weighted by atomic mass is 10.7. The summed E-state index contributed by atoms with van der Waals surface area (Å²) < 4.78 is 21.9. The first kappa shape index (κ1) is 18.6. The van der Waals surface area contributed by atoms with Crippen LogP contribution in [0.3, 0.4) is 0 Å². The second-order valence-corrected chi connectivity index (χ2v) is 3.89. The number of rotatable bonds is 3.